The van der Waals surface area contributed by atoms with E-state index in [0.29, 0.717) is 0 Å². The predicted octanol–water partition coefficient (Wildman–Crippen LogP) is 1.11. The fourth-order valence-electron chi connectivity index (χ4n) is 1.75. The number of hydrogen-bond donors (Lipinski definition) is 2. The van der Waals surface area contributed by atoms with Gasteiger partial charge in [-0.2, -0.15) is 5.10 Å². The molecule has 0 aliphatic carbocycles. The van der Waals surface area contributed by atoms with Gasteiger partial charge in [0.25, 0.3) is 0 Å². The smallest absolute Gasteiger partial charge is 0.106 e. The van der Waals surface area contributed by atoms with Gasteiger partial charge in [-0.3, -0.25) is 4.68 Å². The van der Waals surface area contributed by atoms with E-state index in [-0.39, 0.29) is 12.6 Å². The fraction of sp³-hybridized carbons (Fsp3) is 0.700. The average Bonchev–Trinajstić information content (AvgIpc) is 2.41. The molecular weight excluding hydrogens is 180 g/mol. The minimum atomic E-state index is -0.817. The van der Waals surface area contributed by atoms with Crippen molar-refractivity contribution in [1.29, 1.82) is 0 Å². The van der Waals surface area contributed by atoms with Crippen LogP contribution >= 0.6 is 0 Å². The van der Waals surface area contributed by atoms with Crippen molar-refractivity contribution in [2.75, 3.05) is 6.61 Å². The van der Waals surface area contributed by atoms with Gasteiger partial charge in [0.1, 0.15) is 6.10 Å². The Kier molecular flexibility index (Phi) is 3.29. The van der Waals surface area contributed by atoms with Crippen LogP contribution in [0.15, 0.2) is 0 Å². The molecule has 1 unspecified atom stereocenters. The fourth-order valence-corrected chi connectivity index (χ4v) is 1.75. The molecule has 80 valence electrons. The molecule has 0 amide bonds. The first-order chi connectivity index (χ1) is 6.49. The molecule has 0 aromatic carbocycles. The Hall–Kier alpha value is -0.870. The molecule has 1 heterocycles. The van der Waals surface area contributed by atoms with Crippen LogP contribution in [0.5, 0.6) is 0 Å². The van der Waals surface area contributed by atoms with E-state index in [0.717, 1.165) is 17.0 Å². The average molecular weight is 198 g/mol. The Labute approximate surface area is 84.2 Å². The lowest BCUT2D eigenvalue weighted by atomic mass is 10.1. The summed E-state index contributed by atoms with van der Waals surface area (Å²) in [5.41, 5.74) is 2.47. The van der Waals surface area contributed by atoms with Gasteiger partial charge in [0.2, 0.25) is 0 Å². The maximum Gasteiger partial charge on any atom is 0.106 e. The van der Waals surface area contributed by atoms with Crippen LogP contribution in [-0.4, -0.2) is 26.6 Å². The van der Waals surface area contributed by atoms with Crippen molar-refractivity contribution >= 4 is 0 Å². The molecule has 0 saturated heterocycles. The molecule has 4 heteroatoms. The first-order valence-corrected chi connectivity index (χ1v) is 4.83. The monoisotopic (exact) mass is 198 g/mol. The van der Waals surface area contributed by atoms with Gasteiger partial charge in [0, 0.05) is 17.3 Å². The Morgan fingerprint density at radius 3 is 2.29 bits per heavy atom. The van der Waals surface area contributed by atoms with Gasteiger partial charge in [-0.1, -0.05) is 0 Å². The molecule has 0 aliphatic rings. The quantitative estimate of drug-likeness (QED) is 0.764. The number of aryl methyl sites for hydroxylation is 1. The molecule has 0 radical (unpaired) electrons. The Morgan fingerprint density at radius 2 is 1.93 bits per heavy atom. The molecule has 0 saturated carbocycles. The van der Waals surface area contributed by atoms with Crippen molar-refractivity contribution in [3.8, 4) is 0 Å². The van der Waals surface area contributed by atoms with Crippen molar-refractivity contribution in [3.05, 3.63) is 17.0 Å². The van der Waals surface area contributed by atoms with Crippen LogP contribution in [0.3, 0.4) is 0 Å². The molecule has 1 rings (SSSR count). The van der Waals surface area contributed by atoms with E-state index in [4.69, 9.17) is 5.11 Å². The first kappa shape index (κ1) is 11.2. The van der Waals surface area contributed by atoms with Crippen LogP contribution in [0.25, 0.3) is 0 Å². The molecule has 0 bridgehead atoms. The summed E-state index contributed by atoms with van der Waals surface area (Å²) in [4.78, 5) is 0. The SMILES string of the molecule is Cc1nn(C(C)C)c(C)c1C(O)CO. The van der Waals surface area contributed by atoms with E-state index >= 15 is 0 Å². The minimum Gasteiger partial charge on any atom is -0.393 e. The third-order valence-corrected chi connectivity index (χ3v) is 2.38. The lowest BCUT2D eigenvalue weighted by Crippen LogP contribution is -2.08. The summed E-state index contributed by atoms with van der Waals surface area (Å²) < 4.78 is 1.86. The van der Waals surface area contributed by atoms with E-state index in [1.54, 1.807) is 0 Å². The highest BCUT2D eigenvalue weighted by Gasteiger charge is 2.19. The van der Waals surface area contributed by atoms with Gasteiger partial charge in [-0.05, 0) is 27.7 Å². The second-order valence-electron chi connectivity index (χ2n) is 3.82. The van der Waals surface area contributed by atoms with Crippen molar-refractivity contribution in [2.45, 2.75) is 39.8 Å². The van der Waals surface area contributed by atoms with Gasteiger partial charge in [-0.15, -0.1) is 0 Å². The minimum absolute atomic E-state index is 0.258. The normalized spacial score (nSPS) is 13.6. The lowest BCUT2D eigenvalue weighted by Gasteiger charge is -2.10. The van der Waals surface area contributed by atoms with Crippen molar-refractivity contribution in [2.24, 2.45) is 0 Å². The summed E-state index contributed by atoms with van der Waals surface area (Å²) in [5.74, 6) is 0. The van der Waals surface area contributed by atoms with E-state index in [1.807, 2.05) is 32.4 Å². The van der Waals surface area contributed by atoms with Crippen molar-refractivity contribution in [3.63, 3.8) is 0 Å². The summed E-state index contributed by atoms with van der Waals surface area (Å²) in [7, 11) is 0. The summed E-state index contributed by atoms with van der Waals surface area (Å²) in [5, 5.41) is 22.8. The zero-order valence-corrected chi connectivity index (χ0v) is 9.15. The second kappa shape index (κ2) is 4.11. The molecule has 4 nitrogen and oxygen atoms in total. The van der Waals surface area contributed by atoms with E-state index in [1.165, 1.54) is 0 Å². The van der Waals surface area contributed by atoms with Gasteiger partial charge in [0.05, 0.1) is 12.3 Å². The molecular formula is C10H18N2O2. The first-order valence-electron chi connectivity index (χ1n) is 4.83. The molecule has 14 heavy (non-hydrogen) atoms. The molecule has 0 fully saturated rings. The maximum atomic E-state index is 9.58. The topological polar surface area (TPSA) is 58.3 Å². The zero-order chi connectivity index (χ0) is 10.9. The van der Waals surface area contributed by atoms with Crippen LogP contribution in [0.2, 0.25) is 0 Å². The van der Waals surface area contributed by atoms with Gasteiger partial charge in [0.15, 0.2) is 0 Å². The Bertz CT molecular complexity index is 318. The lowest BCUT2D eigenvalue weighted by molar-refractivity contribution is 0.0945. The summed E-state index contributed by atoms with van der Waals surface area (Å²) in [6, 6.07) is 0.272. The summed E-state index contributed by atoms with van der Waals surface area (Å²) in [6.07, 6.45) is -0.817. The van der Waals surface area contributed by atoms with Crippen LogP contribution in [0.1, 0.15) is 42.9 Å². The Morgan fingerprint density at radius 1 is 1.36 bits per heavy atom. The highest BCUT2D eigenvalue weighted by Crippen LogP contribution is 2.23. The Balaban J connectivity index is 3.17. The van der Waals surface area contributed by atoms with Gasteiger partial charge < -0.3 is 10.2 Å². The van der Waals surface area contributed by atoms with Crippen LogP contribution in [0.4, 0.5) is 0 Å². The third-order valence-electron chi connectivity index (χ3n) is 2.38. The summed E-state index contributed by atoms with van der Waals surface area (Å²) in [6.45, 7) is 7.57. The van der Waals surface area contributed by atoms with Crippen molar-refractivity contribution in [1.82, 2.24) is 9.78 Å². The molecule has 1 atom stereocenters. The van der Waals surface area contributed by atoms with Crippen LogP contribution in [0, 0.1) is 13.8 Å². The molecule has 0 spiro atoms. The van der Waals surface area contributed by atoms with Crippen LogP contribution in [-0.2, 0) is 0 Å². The maximum absolute atomic E-state index is 9.58. The van der Waals surface area contributed by atoms with Gasteiger partial charge in [-0.25, -0.2) is 0 Å². The van der Waals surface area contributed by atoms with Crippen molar-refractivity contribution < 1.29 is 10.2 Å². The van der Waals surface area contributed by atoms with E-state index in [9.17, 15) is 5.11 Å². The third kappa shape index (κ3) is 1.81. The highest BCUT2D eigenvalue weighted by atomic mass is 16.3. The van der Waals surface area contributed by atoms with Gasteiger partial charge >= 0.3 is 0 Å². The number of rotatable bonds is 3. The van der Waals surface area contributed by atoms with E-state index in [2.05, 4.69) is 5.10 Å². The number of aliphatic hydroxyl groups is 2. The molecule has 0 aliphatic heterocycles. The summed E-state index contributed by atoms with van der Waals surface area (Å²) >= 11 is 0. The van der Waals surface area contributed by atoms with Crippen LogP contribution < -0.4 is 0 Å². The predicted molar refractivity (Wildman–Crippen MR) is 54.1 cm³/mol. The number of aliphatic hydroxyl groups excluding tert-OH is 2. The largest absolute Gasteiger partial charge is 0.393 e. The zero-order valence-electron chi connectivity index (χ0n) is 9.15. The highest BCUT2D eigenvalue weighted by molar-refractivity contribution is 5.27. The molecule has 1 aromatic heterocycles. The number of hydrogen-bond acceptors (Lipinski definition) is 3. The second-order valence-corrected chi connectivity index (χ2v) is 3.82. The molecule has 1 aromatic rings. The molecule has 2 N–H and O–H groups in total. The van der Waals surface area contributed by atoms with E-state index < -0.39 is 6.10 Å². The number of aromatic nitrogens is 2. The number of nitrogens with zero attached hydrogens (tertiary/aromatic N) is 2. The standard InChI is InChI=1S/C10H18N2O2/c1-6(2)12-8(4)10(7(3)11-12)9(14)5-13/h6,9,13-14H,5H2,1-4H3.